The molecule has 2 aromatic carbocycles. The topological polar surface area (TPSA) is 83.4 Å². The van der Waals surface area contributed by atoms with Crippen molar-refractivity contribution in [2.75, 3.05) is 0 Å². The standard InChI is InChI=1S/C15H13N5OS/c1-9-13(14(21)20(19-9)15(16)22)18-17-12-8-4-6-10-5-2-3-7-11(10)12/h2-8,13H,1H3,(H2,16,22). The highest BCUT2D eigenvalue weighted by Gasteiger charge is 2.35. The Morgan fingerprint density at radius 1 is 1.27 bits per heavy atom. The molecule has 1 heterocycles. The molecule has 0 spiro atoms. The van der Waals surface area contributed by atoms with Crippen molar-refractivity contribution < 1.29 is 4.79 Å². The quantitative estimate of drug-likeness (QED) is 0.683. The number of amides is 1. The first kappa shape index (κ1) is 14.3. The lowest BCUT2D eigenvalue weighted by Gasteiger charge is -2.08. The van der Waals surface area contributed by atoms with E-state index >= 15 is 0 Å². The van der Waals surface area contributed by atoms with E-state index in [-0.39, 0.29) is 11.0 Å². The summed E-state index contributed by atoms with van der Waals surface area (Å²) in [6, 6.07) is 12.8. The minimum Gasteiger partial charge on any atom is -0.374 e. The number of carbonyl (C=O) groups excluding carboxylic acids is 1. The van der Waals surface area contributed by atoms with Gasteiger partial charge in [-0.2, -0.15) is 20.3 Å². The van der Waals surface area contributed by atoms with Gasteiger partial charge in [0, 0.05) is 5.39 Å². The third kappa shape index (κ3) is 2.46. The van der Waals surface area contributed by atoms with E-state index in [9.17, 15) is 4.79 Å². The Labute approximate surface area is 132 Å². The minimum atomic E-state index is -0.777. The minimum absolute atomic E-state index is 0.0905. The molecule has 22 heavy (non-hydrogen) atoms. The second-order valence-corrected chi connectivity index (χ2v) is 5.26. The molecule has 0 radical (unpaired) electrons. The van der Waals surface area contributed by atoms with E-state index in [2.05, 4.69) is 15.3 Å². The molecule has 0 bridgehead atoms. The summed E-state index contributed by atoms with van der Waals surface area (Å²) >= 11 is 4.78. The van der Waals surface area contributed by atoms with Crippen LogP contribution in [0.5, 0.6) is 0 Å². The number of hydrazone groups is 1. The Kier molecular flexibility index (Phi) is 3.64. The third-order valence-electron chi connectivity index (χ3n) is 3.35. The first-order valence-corrected chi connectivity index (χ1v) is 7.06. The van der Waals surface area contributed by atoms with Crippen LogP contribution in [-0.2, 0) is 4.79 Å². The van der Waals surface area contributed by atoms with Crippen LogP contribution in [0.1, 0.15) is 6.92 Å². The van der Waals surface area contributed by atoms with Gasteiger partial charge in [-0.05, 0) is 30.6 Å². The molecule has 0 aliphatic carbocycles. The number of fused-ring (bicyclic) bond motifs is 1. The van der Waals surface area contributed by atoms with Crippen LogP contribution >= 0.6 is 12.2 Å². The van der Waals surface area contributed by atoms with Crippen LogP contribution in [0.3, 0.4) is 0 Å². The van der Waals surface area contributed by atoms with Gasteiger partial charge in [-0.3, -0.25) is 4.79 Å². The van der Waals surface area contributed by atoms with Crippen molar-refractivity contribution >= 4 is 45.4 Å². The third-order valence-corrected chi connectivity index (χ3v) is 3.53. The van der Waals surface area contributed by atoms with Gasteiger partial charge in [-0.25, -0.2) is 0 Å². The molecule has 2 aromatic rings. The van der Waals surface area contributed by atoms with Gasteiger partial charge in [0.15, 0.2) is 11.2 Å². The van der Waals surface area contributed by atoms with Crippen LogP contribution in [0.2, 0.25) is 0 Å². The smallest absolute Gasteiger partial charge is 0.282 e. The molecular weight excluding hydrogens is 298 g/mol. The van der Waals surface area contributed by atoms with Crippen molar-refractivity contribution in [3.8, 4) is 0 Å². The van der Waals surface area contributed by atoms with Crippen LogP contribution in [-0.4, -0.2) is 27.8 Å². The molecule has 6 nitrogen and oxygen atoms in total. The van der Waals surface area contributed by atoms with Crippen molar-refractivity contribution in [1.82, 2.24) is 5.01 Å². The number of carbonyl (C=O) groups is 1. The molecule has 1 aliphatic rings. The van der Waals surface area contributed by atoms with Gasteiger partial charge in [-0.1, -0.05) is 36.4 Å². The second kappa shape index (κ2) is 5.61. The van der Waals surface area contributed by atoms with Gasteiger partial charge < -0.3 is 5.73 Å². The zero-order valence-corrected chi connectivity index (χ0v) is 12.6. The monoisotopic (exact) mass is 311 g/mol. The summed E-state index contributed by atoms with van der Waals surface area (Å²) in [5.41, 5.74) is 6.67. The van der Waals surface area contributed by atoms with Crippen molar-refractivity contribution in [2.24, 2.45) is 21.1 Å². The maximum absolute atomic E-state index is 12.1. The van der Waals surface area contributed by atoms with Gasteiger partial charge in [0.05, 0.1) is 11.4 Å². The summed E-state index contributed by atoms with van der Waals surface area (Å²) in [6.45, 7) is 1.70. The largest absolute Gasteiger partial charge is 0.374 e. The summed E-state index contributed by atoms with van der Waals surface area (Å²) in [5.74, 6) is -0.381. The first-order chi connectivity index (χ1) is 10.6. The molecule has 1 aliphatic heterocycles. The number of thiocarbonyl (C=S) groups is 1. The molecule has 2 N–H and O–H groups in total. The SMILES string of the molecule is CC1=NN(C(N)=S)C(=O)C1N=Nc1cccc2ccccc12. The highest BCUT2D eigenvalue weighted by molar-refractivity contribution is 7.80. The van der Waals surface area contributed by atoms with Crippen LogP contribution in [0.4, 0.5) is 5.69 Å². The fourth-order valence-electron chi connectivity index (χ4n) is 2.26. The molecule has 110 valence electrons. The van der Waals surface area contributed by atoms with Crippen molar-refractivity contribution in [3.05, 3.63) is 42.5 Å². The molecule has 0 fully saturated rings. The summed E-state index contributed by atoms with van der Waals surface area (Å²) in [5, 5.41) is 15.3. The summed E-state index contributed by atoms with van der Waals surface area (Å²) < 4.78 is 0. The van der Waals surface area contributed by atoms with E-state index in [1.807, 2.05) is 42.5 Å². The molecule has 0 saturated carbocycles. The number of benzene rings is 2. The van der Waals surface area contributed by atoms with E-state index < -0.39 is 6.04 Å². The second-order valence-electron chi connectivity index (χ2n) is 4.85. The number of nitrogens with two attached hydrogens (primary N) is 1. The zero-order chi connectivity index (χ0) is 15.7. The molecule has 1 atom stereocenters. The lowest BCUT2D eigenvalue weighted by molar-refractivity contribution is -0.126. The molecular formula is C15H13N5OS. The molecule has 1 amide bonds. The Hall–Kier alpha value is -2.67. The zero-order valence-electron chi connectivity index (χ0n) is 11.8. The highest BCUT2D eigenvalue weighted by Crippen LogP contribution is 2.26. The van der Waals surface area contributed by atoms with Gasteiger partial charge in [0.25, 0.3) is 5.91 Å². The summed E-state index contributed by atoms with van der Waals surface area (Å²) in [7, 11) is 0. The lowest BCUT2D eigenvalue weighted by Crippen LogP contribution is -2.37. The summed E-state index contributed by atoms with van der Waals surface area (Å²) in [6.07, 6.45) is 0. The maximum Gasteiger partial charge on any atom is 0.282 e. The van der Waals surface area contributed by atoms with Crippen LogP contribution in [0.25, 0.3) is 10.8 Å². The van der Waals surface area contributed by atoms with E-state index in [0.29, 0.717) is 11.4 Å². The number of hydrogen-bond donors (Lipinski definition) is 1. The number of azo groups is 1. The van der Waals surface area contributed by atoms with E-state index in [0.717, 1.165) is 15.8 Å². The van der Waals surface area contributed by atoms with Crippen LogP contribution < -0.4 is 5.73 Å². The number of hydrogen-bond acceptors (Lipinski definition) is 5. The Balaban J connectivity index is 1.93. The molecule has 0 saturated heterocycles. The normalized spacial score (nSPS) is 18.2. The molecule has 3 rings (SSSR count). The fourth-order valence-corrected chi connectivity index (χ4v) is 2.39. The first-order valence-electron chi connectivity index (χ1n) is 6.65. The van der Waals surface area contributed by atoms with E-state index in [1.165, 1.54) is 0 Å². The van der Waals surface area contributed by atoms with Crippen LogP contribution in [0, 0.1) is 0 Å². The maximum atomic E-state index is 12.1. The number of nitrogens with zero attached hydrogens (tertiary/aromatic N) is 4. The predicted octanol–water partition coefficient (Wildman–Crippen LogP) is 2.75. The van der Waals surface area contributed by atoms with E-state index in [4.69, 9.17) is 18.0 Å². The predicted molar refractivity (Wildman–Crippen MR) is 89.0 cm³/mol. The fraction of sp³-hybridized carbons (Fsp3) is 0.133. The van der Waals surface area contributed by atoms with Gasteiger partial charge in [0.2, 0.25) is 0 Å². The number of rotatable bonds is 2. The molecule has 0 aromatic heterocycles. The Bertz CT molecular complexity index is 824. The van der Waals surface area contributed by atoms with Crippen molar-refractivity contribution in [2.45, 2.75) is 13.0 Å². The van der Waals surface area contributed by atoms with Crippen molar-refractivity contribution in [3.63, 3.8) is 0 Å². The molecule has 7 heteroatoms. The highest BCUT2D eigenvalue weighted by atomic mass is 32.1. The lowest BCUT2D eigenvalue weighted by atomic mass is 10.1. The van der Waals surface area contributed by atoms with Crippen LogP contribution in [0.15, 0.2) is 57.8 Å². The van der Waals surface area contributed by atoms with Crippen molar-refractivity contribution in [1.29, 1.82) is 0 Å². The van der Waals surface area contributed by atoms with Gasteiger partial charge >= 0.3 is 0 Å². The molecule has 1 unspecified atom stereocenters. The average molecular weight is 311 g/mol. The summed E-state index contributed by atoms with van der Waals surface area (Å²) in [4.78, 5) is 12.1. The van der Waals surface area contributed by atoms with E-state index in [1.54, 1.807) is 6.92 Å². The van der Waals surface area contributed by atoms with Gasteiger partial charge in [-0.15, -0.1) is 0 Å². The Morgan fingerprint density at radius 3 is 2.73 bits per heavy atom. The van der Waals surface area contributed by atoms with Gasteiger partial charge in [0.1, 0.15) is 0 Å². The average Bonchev–Trinajstić information content (AvgIpc) is 2.80. The Morgan fingerprint density at radius 2 is 2.00 bits per heavy atom.